The molecule has 0 spiro atoms. The van der Waals surface area contributed by atoms with Crippen molar-refractivity contribution in [2.75, 3.05) is 19.6 Å². The van der Waals surface area contributed by atoms with Gasteiger partial charge in [-0.1, -0.05) is 27.2 Å². The van der Waals surface area contributed by atoms with Gasteiger partial charge in [0, 0.05) is 19.6 Å². The Morgan fingerprint density at radius 3 is 2.40 bits per heavy atom. The van der Waals surface area contributed by atoms with Gasteiger partial charge < -0.3 is 10.2 Å². The van der Waals surface area contributed by atoms with Crippen molar-refractivity contribution in [1.82, 2.24) is 10.2 Å². The summed E-state index contributed by atoms with van der Waals surface area (Å²) >= 11 is 5.37. The predicted octanol–water partition coefficient (Wildman–Crippen LogP) is 2.78. The minimum absolute atomic E-state index is 0.552. The largest absolute Gasteiger partial charge is 0.363 e. The highest BCUT2D eigenvalue weighted by molar-refractivity contribution is 7.80. The molecule has 1 aliphatic rings. The number of nitrogens with one attached hydrogen (secondary N) is 1. The highest BCUT2D eigenvalue weighted by atomic mass is 32.1. The Bertz CT molecular complexity index is 208. The van der Waals surface area contributed by atoms with Crippen LogP contribution in [0.3, 0.4) is 0 Å². The summed E-state index contributed by atoms with van der Waals surface area (Å²) in [5.41, 5.74) is 0.552. The molecule has 0 aromatic rings. The van der Waals surface area contributed by atoms with Crippen LogP contribution < -0.4 is 5.32 Å². The topological polar surface area (TPSA) is 15.3 Å². The lowest BCUT2D eigenvalue weighted by Gasteiger charge is -2.40. The van der Waals surface area contributed by atoms with Crippen molar-refractivity contribution < 1.29 is 0 Å². The molecule has 1 rings (SSSR count). The Balaban J connectivity index is 2.33. The Hall–Kier alpha value is -0.310. The normalized spacial score (nSPS) is 20.1. The van der Waals surface area contributed by atoms with Crippen LogP contribution in [0, 0.1) is 5.41 Å². The van der Waals surface area contributed by atoms with Crippen LogP contribution in [0.2, 0.25) is 0 Å². The number of thiocarbonyl (C=S) groups is 1. The molecule has 15 heavy (non-hydrogen) atoms. The van der Waals surface area contributed by atoms with Crippen LogP contribution in [0.25, 0.3) is 0 Å². The molecule has 0 aromatic carbocycles. The molecule has 88 valence electrons. The van der Waals surface area contributed by atoms with E-state index in [1.807, 2.05) is 0 Å². The molecular weight excluding hydrogens is 204 g/mol. The first kappa shape index (κ1) is 12.8. The van der Waals surface area contributed by atoms with Crippen LogP contribution in [-0.2, 0) is 0 Å². The van der Waals surface area contributed by atoms with Crippen LogP contribution in [0.4, 0.5) is 0 Å². The van der Waals surface area contributed by atoms with Crippen molar-refractivity contribution in [1.29, 1.82) is 0 Å². The van der Waals surface area contributed by atoms with E-state index >= 15 is 0 Å². The maximum Gasteiger partial charge on any atom is 0.168 e. The number of hydrogen-bond acceptors (Lipinski definition) is 1. The van der Waals surface area contributed by atoms with Gasteiger partial charge in [0.05, 0.1) is 0 Å². The summed E-state index contributed by atoms with van der Waals surface area (Å²) in [6.45, 7) is 10.1. The van der Waals surface area contributed by atoms with Crippen molar-refractivity contribution in [3.8, 4) is 0 Å². The molecule has 0 unspecified atom stereocenters. The summed E-state index contributed by atoms with van der Waals surface area (Å²) in [4.78, 5) is 2.32. The van der Waals surface area contributed by atoms with E-state index in [1.54, 1.807) is 0 Å². The van der Waals surface area contributed by atoms with E-state index in [0.29, 0.717) is 5.41 Å². The van der Waals surface area contributed by atoms with Crippen molar-refractivity contribution >= 4 is 17.3 Å². The van der Waals surface area contributed by atoms with Crippen LogP contribution in [0.1, 0.15) is 46.5 Å². The monoisotopic (exact) mass is 228 g/mol. The highest BCUT2D eigenvalue weighted by Gasteiger charge is 2.28. The summed E-state index contributed by atoms with van der Waals surface area (Å²) in [5, 5.41) is 4.26. The molecule has 0 saturated carbocycles. The fraction of sp³-hybridized carbons (Fsp3) is 0.917. The van der Waals surface area contributed by atoms with Gasteiger partial charge in [-0.2, -0.15) is 0 Å². The average Bonchev–Trinajstić information content (AvgIpc) is 2.27. The summed E-state index contributed by atoms with van der Waals surface area (Å²) in [6, 6.07) is 0. The van der Waals surface area contributed by atoms with Gasteiger partial charge in [0.1, 0.15) is 0 Å². The first-order valence-corrected chi connectivity index (χ1v) is 6.55. The van der Waals surface area contributed by atoms with Crippen molar-refractivity contribution in [2.24, 2.45) is 5.41 Å². The quantitative estimate of drug-likeness (QED) is 0.748. The van der Waals surface area contributed by atoms with E-state index in [1.165, 1.54) is 19.3 Å². The second kappa shape index (κ2) is 5.69. The zero-order valence-corrected chi connectivity index (χ0v) is 11.1. The molecule has 0 aliphatic carbocycles. The van der Waals surface area contributed by atoms with E-state index in [0.717, 1.165) is 31.2 Å². The van der Waals surface area contributed by atoms with Crippen LogP contribution in [-0.4, -0.2) is 29.6 Å². The van der Waals surface area contributed by atoms with Crippen LogP contribution in [0.5, 0.6) is 0 Å². The Kier molecular flexibility index (Phi) is 4.84. The fourth-order valence-electron chi connectivity index (χ4n) is 1.95. The zero-order chi connectivity index (χ0) is 11.3. The summed E-state index contributed by atoms with van der Waals surface area (Å²) in [5.74, 6) is 0. The number of nitrogens with zero attached hydrogens (tertiary/aromatic N) is 1. The van der Waals surface area contributed by atoms with E-state index in [2.05, 4.69) is 31.0 Å². The summed E-state index contributed by atoms with van der Waals surface area (Å²) in [6.07, 6.45) is 4.98. The maximum absolute atomic E-state index is 5.37. The first-order chi connectivity index (χ1) is 7.11. The molecule has 2 nitrogen and oxygen atoms in total. The van der Waals surface area contributed by atoms with Gasteiger partial charge in [-0.25, -0.2) is 0 Å². The standard InChI is InChI=1S/C12H24N2S/c1-4-8-13-11(15)14-9-6-12(3,5-2)7-10-14/h4-10H2,1-3H3,(H,13,15). The van der Waals surface area contributed by atoms with E-state index in [-0.39, 0.29) is 0 Å². The van der Waals surface area contributed by atoms with Gasteiger partial charge in [-0.3, -0.25) is 0 Å². The predicted molar refractivity (Wildman–Crippen MR) is 70.1 cm³/mol. The van der Waals surface area contributed by atoms with Crippen molar-refractivity contribution in [3.05, 3.63) is 0 Å². The van der Waals surface area contributed by atoms with E-state index < -0.39 is 0 Å². The first-order valence-electron chi connectivity index (χ1n) is 6.14. The highest BCUT2D eigenvalue weighted by Crippen LogP contribution is 2.33. The van der Waals surface area contributed by atoms with Gasteiger partial charge >= 0.3 is 0 Å². The number of piperidine rings is 1. The molecule has 1 heterocycles. The minimum Gasteiger partial charge on any atom is -0.363 e. The summed E-state index contributed by atoms with van der Waals surface area (Å²) in [7, 11) is 0. The van der Waals surface area contributed by atoms with Gasteiger partial charge in [0.15, 0.2) is 5.11 Å². The van der Waals surface area contributed by atoms with Gasteiger partial charge in [0.2, 0.25) is 0 Å². The molecule has 0 amide bonds. The second-order valence-electron chi connectivity index (χ2n) is 4.88. The number of hydrogen-bond donors (Lipinski definition) is 1. The molecule has 1 saturated heterocycles. The molecule has 1 N–H and O–H groups in total. The Labute approximate surface area is 99.4 Å². The molecule has 1 fully saturated rings. The smallest absolute Gasteiger partial charge is 0.168 e. The fourth-order valence-corrected chi connectivity index (χ4v) is 2.23. The molecule has 0 aromatic heterocycles. The zero-order valence-electron chi connectivity index (χ0n) is 10.3. The van der Waals surface area contributed by atoms with Crippen LogP contribution in [0.15, 0.2) is 0 Å². The molecule has 1 aliphatic heterocycles. The molecule has 3 heteroatoms. The van der Waals surface area contributed by atoms with E-state index in [4.69, 9.17) is 12.2 Å². The molecular formula is C12H24N2S. The number of likely N-dealkylation sites (tertiary alicyclic amines) is 1. The lowest BCUT2D eigenvalue weighted by atomic mass is 9.78. The Morgan fingerprint density at radius 2 is 1.93 bits per heavy atom. The lowest BCUT2D eigenvalue weighted by Crippen LogP contribution is -2.46. The molecule has 0 radical (unpaired) electrons. The molecule has 0 atom stereocenters. The summed E-state index contributed by atoms with van der Waals surface area (Å²) < 4.78 is 0. The lowest BCUT2D eigenvalue weighted by molar-refractivity contribution is 0.161. The van der Waals surface area contributed by atoms with Gasteiger partial charge in [0.25, 0.3) is 0 Å². The van der Waals surface area contributed by atoms with Crippen molar-refractivity contribution in [3.63, 3.8) is 0 Å². The second-order valence-corrected chi connectivity index (χ2v) is 5.27. The van der Waals surface area contributed by atoms with E-state index in [9.17, 15) is 0 Å². The van der Waals surface area contributed by atoms with Gasteiger partial charge in [-0.15, -0.1) is 0 Å². The minimum atomic E-state index is 0.552. The Morgan fingerprint density at radius 1 is 1.33 bits per heavy atom. The third-order valence-electron chi connectivity index (χ3n) is 3.64. The van der Waals surface area contributed by atoms with Gasteiger partial charge in [-0.05, 0) is 36.9 Å². The SMILES string of the molecule is CCCNC(=S)N1CCC(C)(CC)CC1. The van der Waals surface area contributed by atoms with Crippen LogP contribution >= 0.6 is 12.2 Å². The third kappa shape index (κ3) is 3.63. The third-order valence-corrected chi connectivity index (χ3v) is 4.04. The average molecular weight is 228 g/mol. The number of rotatable bonds is 3. The van der Waals surface area contributed by atoms with Crippen molar-refractivity contribution in [2.45, 2.75) is 46.5 Å². The molecule has 0 bridgehead atoms. The maximum atomic E-state index is 5.37.